The van der Waals surface area contributed by atoms with Gasteiger partial charge in [-0.15, -0.1) is 5.10 Å². The van der Waals surface area contributed by atoms with Gasteiger partial charge in [-0.2, -0.15) is 22.7 Å². The second kappa shape index (κ2) is 10.9. The van der Waals surface area contributed by atoms with Gasteiger partial charge in [0.25, 0.3) is 5.56 Å². The standard InChI is InChI=1S/C27H26ClF3N8O3/c1-2-20-22(37-8-6-32-7-9-37)25(41)39-26(35-23(36-39)16-11-15-5-10-42-24(15)33-13-16)38(20)14-21(40)34-19-4-3-17(12-18(19)28)27(29,30)31/h3-4,11-13,32H,2,5-10,14H2,1H3,(H,34,40). The van der Waals surface area contributed by atoms with Crippen LogP contribution in [0.2, 0.25) is 5.02 Å². The number of pyridine rings is 1. The third-order valence-electron chi connectivity index (χ3n) is 7.26. The number of rotatable bonds is 6. The zero-order valence-electron chi connectivity index (χ0n) is 22.5. The number of ether oxygens (including phenoxy) is 1. The lowest BCUT2D eigenvalue weighted by Gasteiger charge is -2.31. The summed E-state index contributed by atoms with van der Waals surface area (Å²) in [6.07, 6.45) is -1.91. The molecule has 0 saturated carbocycles. The van der Waals surface area contributed by atoms with E-state index in [-0.39, 0.29) is 34.4 Å². The molecule has 1 fully saturated rings. The predicted octanol–water partition coefficient (Wildman–Crippen LogP) is 3.17. The number of nitrogens with zero attached hydrogens (tertiary/aromatic N) is 6. The lowest BCUT2D eigenvalue weighted by molar-refractivity contribution is -0.137. The fraction of sp³-hybridized carbons (Fsp3) is 0.370. The molecule has 0 bridgehead atoms. The van der Waals surface area contributed by atoms with Crippen molar-refractivity contribution in [1.82, 2.24) is 29.5 Å². The SMILES string of the molecule is CCc1c(N2CCNCC2)c(=O)n2nc(-c3cnc4c(c3)CCO4)nc2n1CC(=O)Nc1ccc(C(F)(F)F)cc1Cl. The van der Waals surface area contributed by atoms with Gasteiger partial charge in [-0.25, -0.2) is 4.98 Å². The van der Waals surface area contributed by atoms with Gasteiger partial charge in [0.2, 0.25) is 17.6 Å². The number of benzene rings is 1. The lowest BCUT2D eigenvalue weighted by atomic mass is 10.1. The molecule has 0 radical (unpaired) electrons. The number of nitrogens with one attached hydrogen (secondary N) is 2. The van der Waals surface area contributed by atoms with E-state index in [1.807, 2.05) is 17.9 Å². The molecule has 42 heavy (non-hydrogen) atoms. The van der Waals surface area contributed by atoms with Crippen molar-refractivity contribution in [1.29, 1.82) is 0 Å². The van der Waals surface area contributed by atoms with E-state index in [1.54, 1.807) is 10.8 Å². The van der Waals surface area contributed by atoms with Gasteiger partial charge < -0.3 is 24.8 Å². The Kier molecular flexibility index (Phi) is 7.27. The second-order valence-electron chi connectivity index (χ2n) is 9.95. The predicted molar refractivity (Wildman–Crippen MR) is 149 cm³/mol. The number of alkyl halides is 3. The molecular weight excluding hydrogens is 577 g/mol. The van der Waals surface area contributed by atoms with E-state index in [0.717, 1.165) is 23.8 Å². The van der Waals surface area contributed by atoms with Crippen molar-refractivity contribution >= 4 is 34.7 Å². The molecule has 220 valence electrons. The van der Waals surface area contributed by atoms with Crippen molar-refractivity contribution in [3.63, 3.8) is 0 Å². The third kappa shape index (κ3) is 5.15. The number of carbonyl (C=O) groups excluding carboxylic acids is 1. The van der Waals surface area contributed by atoms with Crippen molar-refractivity contribution in [3.8, 4) is 17.3 Å². The second-order valence-corrected chi connectivity index (χ2v) is 10.4. The summed E-state index contributed by atoms with van der Waals surface area (Å²) in [5, 5.41) is 10.1. The molecule has 5 heterocycles. The van der Waals surface area contributed by atoms with Gasteiger partial charge in [0, 0.05) is 49.9 Å². The first-order valence-corrected chi connectivity index (χ1v) is 13.8. The van der Waals surface area contributed by atoms with E-state index in [4.69, 9.17) is 16.3 Å². The van der Waals surface area contributed by atoms with E-state index in [0.29, 0.717) is 68.5 Å². The number of hydrogen-bond donors (Lipinski definition) is 2. The molecular formula is C27H26ClF3N8O3. The van der Waals surface area contributed by atoms with Gasteiger partial charge in [-0.05, 0) is 30.7 Å². The first-order valence-electron chi connectivity index (χ1n) is 13.4. The Morgan fingerprint density at radius 1 is 1.21 bits per heavy atom. The largest absolute Gasteiger partial charge is 0.477 e. The molecule has 2 N–H and O–H groups in total. The average Bonchev–Trinajstić information content (AvgIpc) is 3.63. The monoisotopic (exact) mass is 602 g/mol. The summed E-state index contributed by atoms with van der Waals surface area (Å²) in [4.78, 5) is 38.1. The number of fused-ring (bicyclic) bond motifs is 2. The molecule has 1 saturated heterocycles. The molecule has 0 unspecified atom stereocenters. The van der Waals surface area contributed by atoms with Crippen LogP contribution in [-0.2, 0) is 30.4 Å². The summed E-state index contributed by atoms with van der Waals surface area (Å²) < 4.78 is 47.6. The summed E-state index contributed by atoms with van der Waals surface area (Å²) in [7, 11) is 0. The molecule has 6 rings (SSSR count). The van der Waals surface area contributed by atoms with Gasteiger partial charge >= 0.3 is 6.18 Å². The number of hydrogen-bond acceptors (Lipinski definition) is 8. The van der Waals surface area contributed by atoms with E-state index >= 15 is 0 Å². The molecule has 2 aliphatic heterocycles. The Morgan fingerprint density at radius 2 is 2.00 bits per heavy atom. The minimum absolute atomic E-state index is 0.0284. The number of amides is 1. The van der Waals surface area contributed by atoms with Crippen LogP contribution in [0.3, 0.4) is 0 Å². The highest BCUT2D eigenvalue weighted by Crippen LogP contribution is 2.34. The van der Waals surface area contributed by atoms with E-state index in [9.17, 15) is 22.8 Å². The zero-order valence-corrected chi connectivity index (χ0v) is 23.2. The highest BCUT2D eigenvalue weighted by atomic mass is 35.5. The van der Waals surface area contributed by atoms with Crippen molar-refractivity contribution < 1.29 is 22.7 Å². The van der Waals surface area contributed by atoms with Gasteiger partial charge in [0.05, 0.1) is 28.6 Å². The van der Waals surface area contributed by atoms with Gasteiger partial charge in [0.1, 0.15) is 12.2 Å². The van der Waals surface area contributed by atoms with E-state index in [2.05, 4.69) is 25.7 Å². The molecule has 0 aliphatic carbocycles. The van der Waals surface area contributed by atoms with E-state index in [1.165, 1.54) is 4.52 Å². The average molecular weight is 603 g/mol. The fourth-order valence-electron chi connectivity index (χ4n) is 5.25. The molecule has 2 aliphatic rings. The Hall–Kier alpha value is -4.17. The quantitative estimate of drug-likeness (QED) is 0.346. The van der Waals surface area contributed by atoms with Crippen LogP contribution in [0.25, 0.3) is 17.2 Å². The molecule has 4 aromatic rings. The van der Waals surface area contributed by atoms with Crippen molar-refractivity contribution in [2.75, 3.05) is 43.0 Å². The van der Waals surface area contributed by atoms with Gasteiger partial charge in [-0.3, -0.25) is 9.59 Å². The van der Waals surface area contributed by atoms with Crippen LogP contribution in [0.5, 0.6) is 5.88 Å². The summed E-state index contributed by atoms with van der Waals surface area (Å²) in [6.45, 7) is 4.63. The topological polar surface area (TPSA) is 119 Å². The number of halogens is 4. The Morgan fingerprint density at radius 3 is 2.71 bits per heavy atom. The first-order chi connectivity index (χ1) is 20.1. The Bertz CT molecular complexity index is 1750. The molecule has 0 spiro atoms. The van der Waals surface area contributed by atoms with Crippen LogP contribution in [0, 0.1) is 0 Å². The van der Waals surface area contributed by atoms with Crippen LogP contribution in [0.1, 0.15) is 23.7 Å². The minimum Gasteiger partial charge on any atom is -0.477 e. The number of anilines is 2. The summed E-state index contributed by atoms with van der Waals surface area (Å²) >= 11 is 6.08. The van der Waals surface area contributed by atoms with Crippen LogP contribution in [0.15, 0.2) is 35.3 Å². The minimum atomic E-state index is -4.57. The fourth-order valence-corrected chi connectivity index (χ4v) is 5.48. The van der Waals surface area contributed by atoms with Crippen molar-refractivity contribution in [2.24, 2.45) is 0 Å². The number of carbonyl (C=O) groups is 1. The Labute approximate surface area is 242 Å². The maximum absolute atomic E-state index is 13.9. The van der Waals surface area contributed by atoms with Crippen LogP contribution < -0.4 is 25.8 Å². The van der Waals surface area contributed by atoms with E-state index < -0.39 is 17.6 Å². The lowest BCUT2D eigenvalue weighted by Crippen LogP contribution is -2.47. The van der Waals surface area contributed by atoms with Gasteiger partial charge in [-0.1, -0.05) is 18.5 Å². The Balaban J connectivity index is 1.43. The molecule has 15 heteroatoms. The van der Waals surface area contributed by atoms with Crippen LogP contribution in [0.4, 0.5) is 24.5 Å². The van der Waals surface area contributed by atoms with Crippen molar-refractivity contribution in [3.05, 3.63) is 62.7 Å². The van der Waals surface area contributed by atoms with Crippen molar-refractivity contribution in [2.45, 2.75) is 32.5 Å². The normalized spacial score (nSPS) is 15.1. The van der Waals surface area contributed by atoms with Crippen LogP contribution >= 0.6 is 11.6 Å². The maximum Gasteiger partial charge on any atom is 0.416 e. The maximum atomic E-state index is 13.9. The summed E-state index contributed by atoms with van der Waals surface area (Å²) in [5.74, 6) is 0.393. The number of piperazine rings is 1. The first kappa shape index (κ1) is 28.0. The number of aromatic nitrogens is 5. The van der Waals surface area contributed by atoms with Gasteiger partial charge in [0.15, 0.2) is 5.82 Å². The third-order valence-corrected chi connectivity index (χ3v) is 7.57. The molecule has 0 atom stereocenters. The molecule has 11 nitrogen and oxygen atoms in total. The molecule has 1 amide bonds. The molecule has 3 aromatic heterocycles. The van der Waals surface area contributed by atoms with Crippen LogP contribution in [-0.4, -0.2) is 62.8 Å². The summed E-state index contributed by atoms with van der Waals surface area (Å²) in [6, 6.07) is 4.58. The highest BCUT2D eigenvalue weighted by molar-refractivity contribution is 6.33. The zero-order chi connectivity index (χ0) is 29.6. The highest BCUT2D eigenvalue weighted by Gasteiger charge is 2.31. The smallest absolute Gasteiger partial charge is 0.416 e. The molecule has 1 aromatic carbocycles. The summed E-state index contributed by atoms with van der Waals surface area (Å²) in [5.41, 5.74) is 1.25.